The van der Waals surface area contributed by atoms with E-state index in [0.717, 1.165) is 36.5 Å². The van der Waals surface area contributed by atoms with E-state index < -0.39 is 5.54 Å². The monoisotopic (exact) mass is 466 g/mol. The molecule has 3 aliphatic rings. The van der Waals surface area contributed by atoms with E-state index in [-0.39, 0.29) is 24.3 Å². The molecule has 33 heavy (non-hydrogen) atoms. The lowest BCUT2D eigenvalue weighted by Crippen LogP contribution is -2.57. The molecule has 4 heterocycles. The smallest absolute Gasteiger partial charge is 0.250 e. The highest BCUT2D eigenvalue weighted by atomic mass is 32.1. The quantitative estimate of drug-likeness (QED) is 0.680. The Morgan fingerprint density at radius 1 is 0.879 bits per heavy atom. The molecular weight excluding hydrogens is 436 g/mol. The van der Waals surface area contributed by atoms with Crippen LogP contribution >= 0.6 is 11.3 Å². The molecule has 0 aliphatic carbocycles. The number of anilines is 1. The minimum Gasteiger partial charge on any atom is -0.342 e. The molecule has 3 aliphatic heterocycles. The van der Waals surface area contributed by atoms with Crippen molar-refractivity contribution in [2.24, 2.45) is 0 Å². The summed E-state index contributed by atoms with van der Waals surface area (Å²) in [7, 11) is 0. The van der Waals surface area contributed by atoms with Gasteiger partial charge in [-0.2, -0.15) is 0 Å². The van der Waals surface area contributed by atoms with Crippen LogP contribution < -0.4 is 4.90 Å². The number of carbonyl (C=O) groups is 3. The predicted octanol–water partition coefficient (Wildman–Crippen LogP) is 2.58. The lowest BCUT2D eigenvalue weighted by atomic mass is 9.85. The van der Waals surface area contributed by atoms with Gasteiger partial charge in [0.15, 0.2) is 0 Å². The van der Waals surface area contributed by atoms with Crippen LogP contribution in [0.15, 0.2) is 47.8 Å². The van der Waals surface area contributed by atoms with Crippen molar-refractivity contribution in [3.05, 3.63) is 52.7 Å². The lowest BCUT2D eigenvalue weighted by molar-refractivity contribution is -0.141. The van der Waals surface area contributed by atoms with E-state index in [1.54, 1.807) is 16.2 Å². The van der Waals surface area contributed by atoms with E-state index >= 15 is 0 Å². The van der Waals surface area contributed by atoms with E-state index in [1.807, 2.05) is 57.6 Å². The summed E-state index contributed by atoms with van der Waals surface area (Å²) in [6.45, 7) is 3.21. The highest BCUT2D eigenvalue weighted by Crippen LogP contribution is 2.39. The molecule has 1 aromatic carbocycles. The van der Waals surface area contributed by atoms with Crippen molar-refractivity contribution in [3.63, 3.8) is 0 Å². The maximum absolute atomic E-state index is 13.8. The Morgan fingerprint density at radius 3 is 2.24 bits per heavy atom. The molecule has 8 heteroatoms. The van der Waals surface area contributed by atoms with Crippen LogP contribution in [0.25, 0.3) is 0 Å². The number of carbonyl (C=O) groups excluding carboxylic acids is 3. The Morgan fingerprint density at radius 2 is 1.58 bits per heavy atom. The number of piperidine rings is 1. The molecule has 174 valence electrons. The Labute approximate surface area is 198 Å². The van der Waals surface area contributed by atoms with Gasteiger partial charge in [-0.3, -0.25) is 14.4 Å². The van der Waals surface area contributed by atoms with E-state index in [0.29, 0.717) is 39.0 Å². The number of likely N-dealkylation sites (tertiary alicyclic amines) is 2. The third kappa shape index (κ3) is 4.24. The van der Waals surface area contributed by atoms with E-state index in [2.05, 4.69) is 4.90 Å². The van der Waals surface area contributed by atoms with Gasteiger partial charge < -0.3 is 19.6 Å². The zero-order chi connectivity index (χ0) is 22.8. The Balaban J connectivity index is 1.33. The fourth-order valence-electron chi connectivity index (χ4n) is 5.35. The third-order valence-corrected chi connectivity index (χ3v) is 8.09. The molecule has 3 fully saturated rings. The van der Waals surface area contributed by atoms with Gasteiger partial charge in [-0.25, -0.2) is 0 Å². The average molecular weight is 467 g/mol. The standard InChI is InChI=1S/C25H30N4O3S/c30-22(17-21-9-6-16-33-21)27-14-10-25(11-15-27)24(32)28(18-23(31)26-12-4-5-13-26)19-29(25)20-7-2-1-3-8-20/h1-3,6-9,16H,4-5,10-15,17-19H2. The first-order chi connectivity index (χ1) is 16.1. The zero-order valence-corrected chi connectivity index (χ0v) is 19.6. The molecule has 0 atom stereocenters. The molecule has 3 amide bonds. The van der Waals surface area contributed by atoms with Crippen LogP contribution in [0, 0.1) is 0 Å². The van der Waals surface area contributed by atoms with Gasteiger partial charge in [-0.05, 0) is 49.3 Å². The number of para-hydroxylation sites is 1. The second-order valence-corrected chi connectivity index (χ2v) is 10.2. The molecule has 1 spiro atoms. The SMILES string of the molecule is O=C(Cc1cccs1)N1CCC2(CC1)C(=O)N(CC(=O)N1CCCC1)CN2c1ccccc1. The van der Waals surface area contributed by atoms with Crippen molar-refractivity contribution in [2.75, 3.05) is 44.3 Å². The van der Waals surface area contributed by atoms with Gasteiger partial charge in [-0.1, -0.05) is 24.3 Å². The molecule has 5 rings (SSSR count). The molecule has 0 bridgehead atoms. The predicted molar refractivity (Wildman–Crippen MR) is 128 cm³/mol. The molecule has 3 saturated heterocycles. The minimum absolute atomic E-state index is 0.0178. The first-order valence-corrected chi connectivity index (χ1v) is 12.6. The topological polar surface area (TPSA) is 64.2 Å². The molecule has 0 saturated carbocycles. The van der Waals surface area contributed by atoms with Crippen LogP contribution in [-0.4, -0.2) is 77.4 Å². The number of benzene rings is 1. The summed E-state index contributed by atoms with van der Waals surface area (Å²) in [5.74, 6) is 0.170. The number of hydrogen-bond acceptors (Lipinski definition) is 5. The normalized spacial score (nSPS) is 20.2. The summed E-state index contributed by atoms with van der Waals surface area (Å²) < 4.78 is 0. The van der Waals surface area contributed by atoms with Crippen molar-refractivity contribution in [1.29, 1.82) is 0 Å². The number of hydrogen-bond donors (Lipinski definition) is 0. The van der Waals surface area contributed by atoms with E-state index in [1.165, 1.54) is 0 Å². The second kappa shape index (κ2) is 9.17. The van der Waals surface area contributed by atoms with Crippen molar-refractivity contribution in [2.45, 2.75) is 37.6 Å². The lowest BCUT2D eigenvalue weighted by Gasteiger charge is -2.43. The Hall–Kier alpha value is -2.87. The number of rotatable bonds is 5. The summed E-state index contributed by atoms with van der Waals surface area (Å²) in [5, 5.41) is 1.99. The molecule has 0 radical (unpaired) electrons. The molecule has 7 nitrogen and oxygen atoms in total. The maximum atomic E-state index is 13.8. The van der Waals surface area contributed by atoms with Crippen molar-refractivity contribution in [1.82, 2.24) is 14.7 Å². The first kappa shape index (κ1) is 21.9. The third-order valence-electron chi connectivity index (χ3n) is 7.22. The fourth-order valence-corrected chi connectivity index (χ4v) is 6.05. The van der Waals surface area contributed by atoms with Crippen LogP contribution in [0.2, 0.25) is 0 Å². The van der Waals surface area contributed by atoms with Gasteiger partial charge in [0.1, 0.15) is 12.1 Å². The van der Waals surface area contributed by atoms with Crippen LogP contribution in [-0.2, 0) is 20.8 Å². The first-order valence-electron chi connectivity index (χ1n) is 11.8. The molecule has 0 unspecified atom stereocenters. The van der Waals surface area contributed by atoms with Gasteiger partial charge in [0.25, 0.3) is 5.91 Å². The summed E-state index contributed by atoms with van der Waals surface area (Å²) in [6.07, 6.45) is 3.64. The average Bonchev–Trinajstić information content (AvgIpc) is 3.60. The van der Waals surface area contributed by atoms with Gasteiger partial charge in [0.05, 0.1) is 13.1 Å². The highest BCUT2D eigenvalue weighted by molar-refractivity contribution is 7.10. The fraction of sp³-hybridized carbons (Fsp3) is 0.480. The number of amides is 3. The van der Waals surface area contributed by atoms with Crippen LogP contribution in [0.5, 0.6) is 0 Å². The van der Waals surface area contributed by atoms with Gasteiger partial charge in [-0.15, -0.1) is 11.3 Å². The van der Waals surface area contributed by atoms with Gasteiger partial charge >= 0.3 is 0 Å². The van der Waals surface area contributed by atoms with Crippen LogP contribution in [0.1, 0.15) is 30.6 Å². The zero-order valence-electron chi connectivity index (χ0n) is 18.8. The Bertz CT molecular complexity index is 996. The van der Waals surface area contributed by atoms with Gasteiger partial charge in [0, 0.05) is 36.7 Å². The van der Waals surface area contributed by atoms with Crippen LogP contribution in [0.4, 0.5) is 5.69 Å². The van der Waals surface area contributed by atoms with E-state index in [9.17, 15) is 14.4 Å². The summed E-state index contributed by atoms with van der Waals surface area (Å²) in [4.78, 5) is 48.1. The largest absolute Gasteiger partial charge is 0.342 e. The second-order valence-electron chi connectivity index (χ2n) is 9.16. The maximum Gasteiger partial charge on any atom is 0.250 e. The summed E-state index contributed by atoms with van der Waals surface area (Å²) >= 11 is 1.60. The van der Waals surface area contributed by atoms with Crippen molar-refractivity contribution in [3.8, 4) is 0 Å². The molecule has 2 aromatic rings. The molecule has 1 aromatic heterocycles. The van der Waals surface area contributed by atoms with Crippen LogP contribution in [0.3, 0.4) is 0 Å². The van der Waals surface area contributed by atoms with Crippen molar-refractivity contribution >= 4 is 34.7 Å². The minimum atomic E-state index is -0.702. The van der Waals surface area contributed by atoms with Crippen molar-refractivity contribution < 1.29 is 14.4 Å². The van der Waals surface area contributed by atoms with E-state index in [4.69, 9.17) is 0 Å². The summed E-state index contributed by atoms with van der Waals surface area (Å²) in [5.41, 5.74) is 0.284. The highest BCUT2D eigenvalue weighted by Gasteiger charge is 2.54. The Kier molecular flexibility index (Phi) is 6.10. The number of nitrogens with zero attached hydrogens (tertiary/aromatic N) is 4. The number of thiophene rings is 1. The molecular formula is C25H30N4O3S. The van der Waals surface area contributed by atoms with Gasteiger partial charge in [0.2, 0.25) is 11.8 Å². The summed E-state index contributed by atoms with van der Waals surface area (Å²) in [6, 6.07) is 13.9. The molecule has 0 N–H and O–H groups in total.